The lowest BCUT2D eigenvalue weighted by molar-refractivity contribution is -0.139. The second-order valence-corrected chi connectivity index (χ2v) is 6.56. The molecule has 2 heterocycles. The number of thioether (sulfide) groups is 1. The molecule has 3 rings (SSSR count). The van der Waals surface area contributed by atoms with E-state index in [0.29, 0.717) is 17.8 Å². The van der Waals surface area contributed by atoms with Crippen molar-refractivity contribution in [2.75, 3.05) is 11.4 Å². The van der Waals surface area contributed by atoms with Gasteiger partial charge in [-0.2, -0.15) is 5.01 Å². The van der Waals surface area contributed by atoms with Crippen molar-refractivity contribution in [3.8, 4) is 0 Å². The second-order valence-electron chi connectivity index (χ2n) is 5.37. The molecule has 1 N–H and O–H groups in total. The van der Waals surface area contributed by atoms with Crippen LogP contribution in [0.5, 0.6) is 0 Å². The zero-order chi connectivity index (χ0) is 17.6. The average molecular weight is 350 g/mol. The van der Waals surface area contributed by atoms with Gasteiger partial charge in [-0.05, 0) is 36.9 Å². The third kappa shape index (κ3) is 2.19. The van der Waals surface area contributed by atoms with Gasteiger partial charge in [0.2, 0.25) is 16.7 Å². The SMILES string of the molecule is CCN1C(=O)[C@@]2(SC(NC(C)=O)=NN2C(C)=O)c2cc(F)ccc21. The third-order valence-corrected chi connectivity index (χ3v) is 5.02. The normalized spacial score (nSPS) is 22.0. The number of nitrogens with zero attached hydrogens (tertiary/aromatic N) is 3. The number of anilines is 1. The minimum atomic E-state index is -1.53. The van der Waals surface area contributed by atoms with Crippen LogP contribution >= 0.6 is 11.8 Å². The topological polar surface area (TPSA) is 82.1 Å². The van der Waals surface area contributed by atoms with Crippen molar-refractivity contribution < 1.29 is 18.8 Å². The average Bonchev–Trinajstić information content (AvgIpc) is 2.98. The van der Waals surface area contributed by atoms with Gasteiger partial charge in [0, 0.05) is 26.0 Å². The fourth-order valence-electron chi connectivity index (χ4n) is 2.90. The molecular weight excluding hydrogens is 335 g/mol. The van der Waals surface area contributed by atoms with Crippen LogP contribution in [0.4, 0.5) is 10.1 Å². The van der Waals surface area contributed by atoms with Crippen LogP contribution in [0.15, 0.2) is 23.3 Å². The van der Waals surface area contributed by atoms with Crippen LogP contribution in [0.2, 0.25) is 0 Å². The standard InChI is InChI=1S/C15H15FN4O3S/c1-4-19-12-6-5-10(16)7-11(12)15(13(19)23)20(9(3)22)18-14(24-15)17-8(2)21/h5-7H,4H2,1-3H3,(H,17,18,21)/t15-/m0/s1. The quantitative estimate of drug-likeness (QED) is 0.829. The van der Waals surface area contributed by atoms with Crippen LogP contribution in [-0.4, -0.2) is 34.4 Å². The van der Waals surface area contributed by atoms with Crippen LogP contribution in [0.3, 0.4) is 0 Å². The number of amides is 3. The van der Waals surface area contributed by atoms with E-state index in [1.165, 1.54) is 36.9 Å². The summed E-state index contributed by atoms with van der Waals surface area (Å²) in [5, 5.41) is 7.70. The molecule has 0 radical (unpaired) electrons. The molecule has 1 atom stereocenters. The molecule has 0 aromatic heterocycles. The van der Waals surface area contributed by atoms with Gasteiger partial charge in [0.05, 0.1) is 5.69 Å². The fourth-order valence-corrected chi connectivity index (χ4v) is 4.22. The van der Waals surface area contributed by atoms with Crippen molar-refractivity contribution in [1.82, 2.24) is 10.3 Å². The van der Waals surface area contributed by atoms with Crippen molar-refractivity contribution in [2.24, 2.45) is 5.10 Å². The number of amidine groups is 1. The van der Waals surface area contributed by atoms with Crippen LogP contribution in [0, 0.1) is 5.82 Å². The van der Waals surface area contributed by atoms with E-state index in [0.717, 1.165) is 16.8 Å². The maximum atomic E-state index is 13.8. The second kappa shape index (κ2) is 5.59. The van der Waals surface area contributed by atoms with Crippen molar-refractivity contribution >= 4 is 40.3 Å². The molecule has 7 nitrogen and oxygen atoms in total. The number of fused-ring (bicyclic) bond motifs is 2. The number of carbonyl (C=O) groups excluding carboxylic acids is 3. The zero-order valence-electron chi connectivity index (χ0n) is 13.3. The highest BCUT2D eigenvalue weighted by Crippen LogP contribution is 2.54. The third-order valence-electron chi connectivity index (χ3n) is 3.78. The summed E-state index contributed by atoms with van der Waals surface area (Å²) in [6, 6.07) is 4.01. The van der Waals surface area contributed by atoms with E-state index in [9.17, 15) is 18.8 Å². The first kappa shape index (κ1) is 16.4. The lowest BCUT2D eigenvalue weighted by atomic mass is 10.1. The number of rotatable bonds is 1. The summed E-state index contributed by atoms with van der Waals surface area (Å²) in [6.07, 6.45) is 0. The van der Waals surface area contributed by atoms with Crippen LogP contribution in [0.25, 0.3) is 0 Å². The number of benzene rings is 1. The maximum Gasteiger partial charge on any atom is 0.270 e. The molecule has 3 amide bonds. The Morgan fingerprint density at radius 2 is 2.08 bits per heavy atom. The number of carbonyl (C=O) groups is 3. The van der Waals surface area contributed by atoms with E-state index in [1.54, 1.807) is 6.92 Å². The lowest BCUT2D eigenvalue weighted by Gasteiger charge is -2.29. The molecular formula is C15H15FN4O3S. The fraction of sp³-hybridized carbons (Fsp3) is 0.333. The molecule has 0 unspecified atom stereocenters. The Balaban J connectivity index is 2.19. The van der Waals surface area contributed by atoms with Gasteiger partial charge in [0.25, 0.3) is 5.91 Å². The Labute approximate surface area is 141 Å². The monoisotopic (exact) mass is 350 g/mol. The minimum absolute atomic E-state index is 0.124. The Kier molecular flexibility index (Phi) is 3.83. The number of halogens is 1. The van der Waals surface area contributed by atoms with Gasteiger partial charge in [-0.25, -0.2) is 4.39 Å². The van der Waals surface area contributed by atoms with Gasteiger partial charge in [-0.3, -0.25) is 14.4 Å². The van der Waals surface area contributed by atoms with Gasteiger partial charge in [-0.15, -0.1) is 5.10 Å². The summed E-state index contributed by atoms with van der Waals surface area (Å²) in [4.78, 5) is 36.4. The number of likely N-dealkylation sites (N-methyl/N-ethyl adjacent to an activating group) is 1. The molecule has 0 fully saturated rings. The molecule has 2 aliphatic heterocycles. The van der Waals surface area contributed by atoms with Gasteiger partial charge >= 0.3 is 0 Å². The molecule has 24 heavy (non-hydrogen) atoms. The summed E-state index contributed by atoms with van der Waals surface area (Å²) in [7, 11) is 0. The highest BCUT2D eigenvalue weighted by molar-refractivity contribution is 8.15. The summed E-state index contributed by atoms with van der Waals surface area (Å²) in [6.45, 7) is 4.72. The predicted molar refractivity (Wildman–Crippen MR) is 87.5 cm³/mol. The number of hydrogen-bond acceptors (Lipinski definition) is 5. The van der Waals surface area contributed by atoms with E-state index in [-0.39, 0.29) is 11.1 Å². The van der Waals surface area contributed by atoms with Crippen molar-refractivity contribution in [3.05, 3.63) is 29.6 Å². The van der Waals surface area contributed by atoms with Crippen LogP contribution in [-0.2, 0) is 19.3 Å². The molecule has 1 aromatic rings. The molecule has 126 valence electrons. The predicted octanol–water partition coefficient (Wildman–Crippen LogP) is 1.35. The van der Waals surface area contributed by atoms with Crippen LogP contribution < -0.4 is 10.2 Å². The molecule has 2 aliphatic rings. The van der Waals surface area contributed by atoms with Gasteiger partial charge in [0.15, 0.2) is 5.17 Å². The largest absolute Gasteiger partial charge is 0.309 e. The minimum Gasteiger partial charge on any atom is -0.309 e. The Morgan fingerprint density at radius 3 is 2.67 bits per heavy atom. The Morgan fingerprint density at radius 1 is 1.38 bits per heavy atom. The number of nitrogens with one attached hydrogen (secondary N) is 1. The molecule has 1 aromatic carbocycles. The van der Waals surface area contributed by atoms with E-state index >= 15 is 0 Å². The molecule has 0 aliphatic carbocycles. The van der Waals surface area contributed by atoms with Crippen LogP contribution in [0.1, 0.15) is 26.3 Å². The summed E-state index contributed by atoms with van der Waals surface area (Å²) in [5.74, 6) is -1.77. The van der Waals surface area contributed by atoms with E-state index in [4.69, 9.17) is 0 Å². The molecule has 0 saturated heterocycles. The first-order valence-electron chi connectivity index (χ1n) is 7.29. The summed E-state index contributed by atoms with van der Waals surface area (Å²) in [5.41, 5.74) is 0.876. The first-order chi connectivity index (χ1) is 11.3. The van der Waals surface area contributed by atoms with Gasteiger partial charge < -0.3 is 10.2 Å². The Bertz CT molecular complexity index is 797. The van der Waals surface area contributed by atoms with E-state index < -0.39 is 22.5 Å². The Hall–Kier alpha value is -2.42. The zero-order valence-corrected chi connectivity index (χ0v) is 14.1. The number of hydrogen-bond donors (Lipinski definition) is 1. The van der Waals surface area contributed by atoms with Crippen molar-refractivity contribution in [2.45, 2.75) is 25.6 Å². The van der Waals surface area contributed by atoms with Gasteiger partial charge in [0.1, 0.15) is 5.82 Å². The van der Waals surface area contributed by atoms with E-state index in [2.05, 4.69) is 10.4 Å². The van der Waals surface area contributed by atoms with Crippen molar-refractivity contribution in [1.29, 1.82) is 0 Å². The lowest BCUT2D eigenvalue weighted by Crippen LogP contribution is -2.48. The first-order valence-corrected chi connectivity index (χ1v) is 8.11. The molecule has 9 heteroatoms. The highest BCUT2D eigenvalue weighted by atomic mass is 32.2. The van der Waals surface area contributed by atoms with Gasteiger partial charge in [-0.1, -0.05) is 0 Å². The number of hydrazone groups is 1. The maximum absolute atomic E-state index is 13.8. The highest BCUT2D eigenvalue weighted by Gasteiger charge is 2.61. The molecule has 0 saturated carbocycles. The summed E-state index contributed by atoms with van der Waals surface area (Å²) >= 11 is 0.929. The summed E-state index contributed by atoms with van der Waals surface area (Å²) < 4.78 is 13.8. The van der Waals surface area contributed by atoms with E-state index in [1.807, 2.05) is 0 Å². The molecule has 0 bridgehead atoms. The van der Waals surface area contributed by atoms with Crippen molar-refractivity contribution in [3.63, 3.8) is 0 Å². The smallest absolute Gasteiger partial charge is 0.270 e. The molecule has 1 spiro atoms.